The summed E-state index contributed by atoms with van der Waals surface area (Å²) in [5.74, 6) is 0.471. The zero-order chi connectivity index (χ0) is 15.9. The highest BCUT2D eigenvalue weighted by Crippen LogP contribution is 2.31. The van der Waals surface area contributed by atoms with Crippen molar-refractivity contribution >= 4 is 5.91 Å². The van der Waals surface area contributed by atoms with Gasteiger partial charge in [0.1, 0.15) is 5.69 Å². The quantitative estimate of drug-likeness (QED) is 0.932. The largest absolute Gasteiger partial charge is 0.369 e. The van der Waals surface area contributed by atoms with Crippen LogP contribution in [0.2, 0.25) is 0 Å². The minimum atomic E-state index is -0.161. The lowest BCUT2D eigenvalue weighted by atomic mass is 9.99. The van der Waals surface area contributed by atoms with Crippen molar-refractivity contribution in [1.29, 1.82) is 0 Å². The number of rotatable bonds is 3. The van der Waals surface area contributed by atoms with Crippen LogP contribution in [0.25, 0.3) is 0 Å². The van der Waals surface area contributed by atoms with Crippen LogP contribution in [-0.2, 0) is 24.8 Å². The Hall–Kier alpha value is -2.15. The maximum absolute atomic E-state index is 12.5. The van der Waals surface area contributed by atoms with E-state index < -0.39 is 0 Å². The number of amides is 1. The topological polar surface area (TPSA) is 82.2 Å². The second kappa shape index (κ2) is 5.57. The molecule has 0 radical (unpaired) electrons. The van der Waals surface area contributed by atoms with Gasteiger partial charge in [-0.05, 0) is 20.8 Å². The molecule has 0 saturated carbocycles. The summed E-state index contributed by atoms with van der Waals surface area (Å²) < 4.78 is 12.5. The summed E-state index contributed by atoms with van der Waals surface area (Å²) >= 11 is 0. The zero-order valence-corrected chi connectivity index (χ0v) is 13.2. The van der Waals surface area contributed by atoms with E-state index in [1.807, 2.05) is 20.8 Å². The summed E-state index contributed by atoms with van der Waals surface area (Å²) in [5, 5.41) is 11.1. The predicted octanol–water partition coefficient (Wildman–Crippen LogP) is 1.67. The number of hydrogen-bond donors (Lipinski definition) is 1. The lowest BCUT2D eigenvalue weighted by Gasteiger charge is -2.24. The van der Waals surface area contributed by atoms with Gasteiger partial charge in [0.15, 0.2) is 5.76 Å². The van der Waals surface area contributed by atoms with Gasteiger partial charge in [0.05, 0.1) is 30.1 Å². The third kappa shape index (κ3) is 2.64. The summed E-state index contributed by atoms with van der Waals surface area (Å²) in [5.41, 5.74) is 3.21. The summed E-state index contributed by atoms with van der Waals surface area (Å²) in [6, 6.07) is 1.80. The van der Waals surface area contributed by atoms with Crippen molar-refractivity contribution in [1.82, 2.24) is 20.3 Å². The van der Waals surface area contributed by atoms with E-state index >= 15 is 0 Å². The van der Waals surface area contributed by atoms with Crippen LogP contribution >= 0.6 is 0 Å². The molecule has 2 aromatic heterocycles. The molecular weight excluding hydrogens is 284 g/mol. The summed E-state index contributed by atoms with van der Waals surface area (Å²) in [6.45, 7) is 6.11. The van der Waals surface area contributed by atoms with Crippen LogP contribution in [0.3, 0.4) is 0 Å². The van der Waals surface area contributed by atoms with E-state index in [4.69, 9.17) is 9.26 Å². The first-order valence-electron chi connectivity index (χ1n) is 7.37. The van der Waals surface area contributed by atoms with E-state index in [9.17, 15) is 4.79 Å². The Morgan fingerprint density at radius 2 is 2.27 bits per heavy atom. The SMILES string of the molecule is Cc1cc(CNC(=O)c2c3c(nn2C)[C@H](C)O[C@H](C)C3)on1. The Morgan fingerprint density at radius 3 is 2.95 bits per heavy atom. The molecule has 118 valence electrons. The van der Waals surface area contributed by atoms with Crippen LogP contribution in [0.5, 0.6) is 0 Å². The van der Waals surface area contributed by atoms with Crippen molar-refractivity contribution in [3.8, 4) is 0 Å². The highest BCUT2D eigenvalue weighted by atomic mass is 16.5. The van der Waals surface area contributed by atoms with E-state index in [0.717, 1.165) is 17.0 Å². The third-order valence-corrected chi connectivity index (χ3v) is 3.80. The number of nitrogens with zero attached hydrogens (tertiary/aromatic N) is 3. The highest BCUT2D eigenvalue weighted by Gasteiger charge is 2.31. The Balaban J connectivity index is 1.81. The molecule has 0 fully saturated rings. The Kier molecular flexibility index (Phi) is 3.74. The molecule has 0 spiro atoms. The first-order valence-corrected chi connectivity index (χ1v) is 7.37. The monoisotopic (exact) mass is 304 g/mol. The molecule has 7 heteroatoms. The van der Waals surface area contributed by atoms with Gasteiger partial charge in [0, 0.05) is 25.1 Å². The van der Waals surface area contributed by atoms with Gasteiger partial charge < -0.3 is 14.6 Å². The predicted molar refractivity (Wildman–Crippen MR) is 78.3 cm³/mol. The summed E-state index contributed by atoms with van der Waals surface area (Å²) in [7, 11) is 1.78. The Morgan fingerprint density at radius 1 is 1.50 bits per heavy atom. The van der Waals surface area contributed by atoms with Gasteiger partial charge in [0.2, 0.25) is 0 Å². The molecule has 1 amide bonds. The average Bonchev–Trinajstić information content (AvgIpc) is 2.99. The lowest BCUT2D eigenvalue weighted by Crippen LogP contribution is -2.28. The Labute approximate surface area is 128 Å². The van der Waals surface area contributed by atoms with Crippen LogP contribution < -0.4 is 5.32 Å². The number of aryl methyl sites for hydroxylation is 2. The van der Waals surface area contributed by atoms with Crippen LogP contribution in [-0.4, -0.2) is 26.9 Å². The van der Waals surface area contributed by atoms with Gasteiger partial charge in [0.25, 0.3) is 5.91 Å². The molecule has 0 unspecified atom stereocenters. The molecule has 2 aromatic rings. The maximum Gasteiger partial charge on any atom is 0.270 e. The fourth-order valence-electron chi connectivity index (χ4n) is 2.90. The molecule has 0 bridgehead atoms. The van der Waals surface area contributed by atoms with E-state index in [1.165, 1.54) is 0 Å². The molecule has 2 atom stereocenters. The van der Waals surface area contributed by atoms with E-state index in [-0.39, 0.29) is 18.1 Å². The van der Waals surface area contributed by atoms with E-state index in [1.54, 1.807) is 17.8 Å². The minimum Gasteiger partial charge on any atom is -0.369 e. The van der Waals surface area contributed by atoms with Gasteiger partial charge in [-0.1, -0.05) is 5.16 Å². The zero-order valence-electron chi connectivity index (χ0n) is 13.2. The molecule has 3 rings (SSSR count). The molecule has 1 aliphatic rings. The van der Waals surface area contributed by atoms with Crippen molar-refractivity contribution in [3.63, 3.8) is 0 Å². The first kappa shape index (κ1) is 14.8. The van der Waals surface area contributed by atoms with E-state index in [0.29, 0.717) is 24.4 Å². The maximum atomic E-state index is 12.5. The number of ether oxygens (including phenoxy) is 1. The van der Waals surface area contributed by atoms with Gasteiger partial charge in [-0.2, -0.15) is 5.10 Å². The number of hydrogen-bond acceptors (Lipinski definition) is 5. The van der Waals surface area contributed by atoms with Crippen LogP contribution in [0.15, 0.2) is 10.6 Å². The van der Waals surface area contributed by atoms with Crippen LogP contribution in [0.1, 0.15) is 53.2 Å². The average molecular weight is 304 g/mol. The van der Waals surface area contributed by atoms with Gasteiger partial charge in [-0.15, -0.1) is 0 Å². The number of carbonyl (C=O) groups is 1. The molecule has 3 heterocycles. The van der Waals surface area contributed by atoms with Gasteiger partial charge in [-0.25, -0.2) is 0 Å². The molecule has 0 aromatic carbocycles. The number of fused-ring (bicyclic) bond motifs is 1. The number of aromatic nitrogens is 3. The highest BCUT2D eigenvalue weighted by molar-refractivity contribution is 5.94. The van der Waals surface area contributed by atoms with Gasteiger partial charge in [-0.3, -0.25) is 9.48 Å². The summed E-state index contributed by atoms with van der Waals surface area (Å²) in [4.78, 5) is 12.5. The molecule has 7 nitrogen and oxygen atoms in total. The third-order valence-electron chi connectivity index (χ3n) is 3.80. The molecule has 0 saturated heterocycles. The molecular formula is C15H20N4O3. The van der Waals surface area contributed by atoms with Crippen LogP contribution in [0.4, 0.5) is 0 Å². The van der Waals surface area contributed by atoms with Crippen molar-refractivity contribution in [2.75, 3.05) is 0 Å². The molecule has 1 aliphatic heterocycles. The van der Waals surface area contributed by atoms with E-state index in [2.05, 4.69) is 15.6 Å². The number of nitrogens with one attached hydrogen (secondary N) is 1. The first-order chi connectivity index (χ1) is 10.5. The molecule has 0 aliphatic carbocycles. The Bertz CT molecular complexity index is 704. The summed E-state index contributed by atoms with van der Waals surface area (Å²) in [6.07, 6.45) is 0.677. The number of carbonyl (C=O) groups excluding carboxylic acids is 1. The van der Waals surface area contributed by atoms with Gasteiger partial charge >= 0.3 is 0 Å². The minimum absolute atomic E-state index is 0.0789. The van der Waals surface area contributed by atoms with Crippen LogP contribution in [0, 0.1) is 6.92 Å². The molecule has 1 N–H and O–H groups in total. The molecule has 22 heavy (non-hydrogen) atoms. The van der Waals surface area contributed by atoms with Crippen molar-refractivity contribution in [2.45, 2.75) is 45.9 Å². The lowest BCUT2D eigenvalue weighted by molar-refractivity contribution is -0.00710. The van der Waals surface area contributed by atoms with Crippen molar-refractivity contribution < 1.29 is 14.1 Å². The van der Waals surface area contributed by atoms with Crippen molar-refractivity contribution in [3.05, 3.63) is 34.5 Å². The second-order valence-corrected chi connectivity index (χ2v) is 5.75. The second-order valence-electron chi connectivity index (χ2n) is 5.75. The smallest absolute Gasteiger partial charge is 0.270 e. The van der Waals surface area contributed by atoms with Crippen molar-refractivity contribution in [2.24, 2.45) is 7.05 Å². The fourth-order valence-corrected chi connectivity index (χ4v) is 2.90. The fraction of sp³-hybridized carbons (Fsp3) is 0.533. The standard InChI is InChI=1S/C15H20N4O3/c1-8-5-11(22-18-8)7-16-15(20)14-12-6-9(2)21-10(3)13(12)17-19(14)4/h5,9-10H,6-7H2,1-4H3,(H,16,20)/t9-,10+/m1/s1. The normalized spacial score (nSPS) is 20.7.